The number of nitrogens with zero attached hydrogens (tertiary/aromatic N) is 4. The van der Waals surface area contributed by atoms with Gasteiger partial charge in [-0.15, -0.1) is 0 Å². The predicted octanol–water partition coefficient (Wildman–Crippen LogP) is 7.17. The van der Waals surface area contributed by atoms with Crippen LogP contribution in [0.1, 0.15) is 82.5 Å². The van der Waals surface area contributed by atoms with E-state index in [0.717, 1.165) is 73.7 Å². The summed E-state index contributed by atoms with van der Waals surface area (Å²) >= 11 is 0. The van der Waals surface area contributed by atoms with Crippen LogP contribution in [0.5, 0.6) is 5.88 Å². The van der Waals surface area contributed by atoms with Gasteiger partial charge in [0.15, 0.2) is 5.82 Å². The zero-order valence-electron chi connectivity index (χ0n) is 25.8. The van der Waals surface area contributed by atoms with E-state index >= 15 is 0 Å². The fourth-order valence-corrected chi connectivity index (χ4v) is 7.25. The van der Waals surface area contributed by atoms with E-state index in [0.29, 0.717) is 11.8 Å². The number of ether oxygens (including phenoxy) is 1. The van der Waals surface area contributed by atoms with Crippen molar-refractivity contribution in [2.75, 3.05) is 20.2 Å². The summed E-state index contributed by atoms with van der Waals surface area (Å²) in [6.45, 7) is 12.1. The Labute approximate surface area is 249 Å². The second-order valence-electron chi connectivity index (χ2n) is 12.2. The van der Waals surface area contributed by atoms with E-state index < -0.39 is 0 Å². The van der Waals surface area contributed by atoms with E-state index in [-0.39, 0.29) is 5.91 Å². The number of hydrogen-bond acceptors (Lipinski definition) is 4. The number of pyridine rings is 1. The molecule has 4 aromatic rings. The Kier molecular flexibility index (Phi) is 7.65. The second kappa shape index (κ2) is 11.4. The van der Waals surface area contributed by atoms with Crippen molar-refractivity contribution in [2.45, 2.75) is 78.6 Å². The lowest BCUT2D eigenvalue weighted by Gasteiger charge is -2.32. The lowest BCUT2D eigenvalue weighted by atomic mass is 9.82. The highest BCUT2D eigenvalue weighted by atomic mass is 16.5. The molecule has 1 amide bonds. The number of carbonyl (C=O) groups excluding carboxylic acids is 1. The molecule has 3 heterocycles. The molecule has 42 heavy (non-hydrogen) atoms. The Bertz CT molecular complexity index is 1640. The van der Waals surface area contributed by atoms with Crippen molar-refractivity contribution in [2.24, 2.45) is 0 Å². The predicted molar refractivity (Wildman–Crippen MR) is 168 cm³/mol. The summed E-state index contributed by atoms with van der Waals surface area (Å²) in [4.78, 5) is 19.0. The van der Waals surface area contributed by atoms with Crippen molar-refractivity contribution in [3.63, 3.8) is 0 Å². The van der Waals surface area contributed by atoms with Crippen molar-refractivity contribution < 1.29 is 9.53 Å². The molecule has 218 valence electrons. The highest BCUT2D eigenvalue weighted by Gasteiger charge is 2.29. The molecule has 2 aromatic carbocycles. The van der Waals surface area contributed by atoms with Crippen LogP contribution in [-0.2, 0) is 17.6 Å². The van der Waals surface area contributed by atoms with Gasteiger partial charge in [-0.05, 0) is 117 Å². The summed E-state index contributed by atoms with van der Waals surface area (Å²) in [5.74, 6) is 2.71. The van der Waals surface area contributed by atoms with Gasteiger partial charge in [-0.1, -0.05) is 36.4 Å². The van der Waals surface area contributed by atoms with Crippen LogP contribution in [0.15, 0.2) is 48.7 Å². The van der Waals surface area contributed by atoms with Crippen LogP contribution in [0.25, 0.3) is 17.1 Å². The van der Waals surface area contributed by atoms with Crippen LogP contribution in [0.2, 0.25) is 0 Å². The lowest BCUT2D eigenvalue weighted by molar-refractivity contribution is -0.129. The summed E-state index contributed by atoms with van der Waals surface area (Å²) < 4.78 is 7.47. The average molecular weight is 563 g/mol. The molecule has 0 radical (unpaired) electrons. The number of piperidine rings is 1. The molecule has 6 nitrogen and oxygen atoms in total. The summed E-state index contributed by atoms with van der Waals surface area (Å²) in [6, 6.07) is 15.8. The topological polar surface area (TPSA) is 60.2 Å². The third-order valence-electron chi connectivity index (χ3n) is 9.79. The molecule has 1 fully saturated rings. The molecule has 1 aliphatic heterocycles. The SMILES string of the molecule is COc1c(C)cnn1-c1nc(-c2cccc3c2C(Cc2ccc(C4CCN(C(C)=O)CC4)c(C)c2C)CC3)ccc1C. The minimum Gasteiger partial charge on any atom is -0.481 e. The van der Waals surface area contributed by atoms with E-state index in [1.807, 2.05) is 22.7 Å². The Balaban J connectivity index is 1.30. The molecule has 0 spiro atoms. The molecule has 0 N–H and O–H groups in total. The molecule has 1 saturated heterocycles. The van der Waals surface area contributed by atoms with Gasteiger partial charge in [-0.2, -0.15) is 9.78 Å². The fourth-order valence-electron chi connectivity index (χ4n) is 7.25. The summed E-state index contributed by atoms with van der Waals surface area (Å²) in [6.07, 6.45) is 7.21. The Morgan fingerprint density at radius 2 is 1.74 bits per heavy atom. The first-order chi connectivity index (χ1) is 20.3. The lowest BCUT2D eigenvalue weighted by Crippen LogP contribution is -2.36. The summed E-state index contributed by atoms with van der Waals surface area (Å²) in [5, 5.41) is 4.58. The number of rotatable bonds is 6. The molecular formula is C36H42N4O2. The average Bonchev–Trinajstić information content (AvgIpc) is 3.58. The minimum absolute atomic E-state index is 0.196. The van der Waals surface area contributed by atoms with Crippen LogP contribution < -0.4 is 4.74 Å². The van der Waals surface area contributed by atoms with Crippen LogP contribution in [0.4, 0.5) is 0 Å². The number of fused-ring (bicyclic) bond motifs is 1. The number of likely N-dealkylation sites (tertiary alicyclic amines) is 1. The molecule has 0 bridgehead atoms. The van der Waals surface area contributed by atoms with E-state index in [4.69, 9.17) is 9.72 Å². The third-order valence-corrected chi connectivity index (χ3v) is 9.79. The Morgan fingerprint density at radius 3 is 2.48 bits per heavy atom. The van der Waals surface area contributed by atoms with Crippen LogP contribution in [0.3, 0.4) is 0 Å². The highest BCUT2D eigenvalue weighted by molar-refractivity contribution is 5.73. The number of aromatic nitrogens is 3. The Hall–Kier alpha value is -3.93. The first-order valence-electron chi connectivity index (χ1n) is 15.3. The molecule has 1 unspecified atom stereocenters. The Morgan fingerprint density at radius 1 is 0.952 bits per heavy atom. The number of amides is 1. The van der Waals surface area contributed by atoms with Gasteiger partial charge in [0.1, 0.15) is 0 Å². The number of methoxy groups -OCH3 is 1. The molecular weight excluding hydrogens is 520 g/mol. The normalized spacial score (nSPS) is 17.0. The van der Waals surface area contributed by atoms with Gasteiger partial charge in [0.2, 0.25) is 11.8 Å². The zero-order chi connectivity index (χ0) is 29.5. The maximum atomic E-state index is 11.8. The summed E-state index contributed by atoms with van der Waals surface area (Å²) in [7, 11) is 1.68. The first kappa shape index (κ1) is 28.2. The van der Waals surface area contributed by atoms with Crippen LogP contribution >= 0.6 is 0 Å². The quantitative estimate of drug-likeness (QED) is 0.250. The van der Waals surface area contributed by atoms with Crippen molar-refractivity contribution in [3.8, 4) is 23.0 Å². The highest BCUT2D eigenvalue weighted by Crippen LogP contribution is 2.43. The maximum Gasteiger partial charge on any atom is 0.220 e. The largest absolute Gasteiger partial charge is 0.481 e. The van der Waals surface area contributed by atoms with E-state index in [1.54, 1.807) is 14.0 Å². The molecule has 2 aliphatic rings. The van der Waals surface area contributed by atoms with Crippen LogP contribution in [0, 0.1) is 27.7 Å². The third kappa shape index (κ3) is 5.01. The van der Waals surface area contributed by atoms with Gasteiger partial charge in [0.05, 0.1) is 19.0 Å². The number of carbonyl (C=O) groups is 1. The number of hydrogen-bond donors (Lipinski definition) is 0. The van der Waals surface area contributed by atoms with Crippen LogP contribution in [-0.4, -0.2) is 45.8 Å². The fraction of sp³-hybridized carbons (Fsp3) is 0.417. The van der Waals surface area contributed by atoms with Gasteiger partial charge >= 0.3 is 0 Å². The molecule has 6 heteroatoms. The van der Waals surface area contributed by atoms with Gasteiger partial charge < -0.3 is 9.64 Å². The van der Waals surface area contributed by atoms with Crippen molar-refractivity contribution in [1.82, 2.24) is 19.7 Å². The minimum atomic E-state index is 0.196. The van der Waals surface area contributed by atoms with Gasteiger partial charge in [0, 0.05) is 31.1 Å². The van der Waals surface area contributed by atoms with Gasteiger partial charge in [0.25, 0.3) is 0 Å². The van der Waals surface area contributed by atoms with E-state index in [2.05, 4.69) is 68.3 Å². The molecule has 6 rings (SSSR count). The standard InChI is InChI=1S/C36H42N4O2/c1-22-10-15-33(38-35(22)40-36(42-6)23(2)21-37-40)32-9-7-8-28-11-12-30(34(28)32)20-29-13-14-31(25(4)24(29)3)27-16-18-39(19-17-27)26(5)41/h7-10,13-15,21,27,30H,11-12,16-20H2,1-6H3. The van der Waals surface area contributed by atoms with Crippen molar-refractivity contribution in [1.29, 1.82) is 0 Å². The first-order valence-corrected chi connectivity index (χ1v) is 15.3. The molecule has 0 saturated carbocycles. The van der Waals surface area contributed by atoms with Crippen molar-refractivity contribution >= 4 is 5.91 Å². The van der Waals surface area contributed by atoms with Gasteiger partial charge in [-0.25, -0.2) is 4.98 Å². The molecule has 1 aliphatic carbocycles. The van der Waals surface area contributed by atoms with Gasteiger partial charge in [-0.3, -0.25) is 4.79 Å². The monoisotopic (exact) mass is 562 g/mol. The smallest absolute Gasteiger partial charge is 0.220 e. The number of benzene rings is 2. The van der Waals surface area contributed by atoms with Crippen molar-refractivity contribution in [3.05, 3.63) is 93.2 Å². The molecule has 1 atom stereocenters. The number of aryl methyl sites for hydroxylation is 3. The van der Waals surface area contributed by atoms with E-state index in [1.165, 1.54) is 38.9 Å². The maximum absolute atomic E-state index is 11.8. The van der Waals surface area contributed by atoms with E-state index in [9.17, 15) is 4.79 Å². The second-order valence-corrected chi connectivity index (χ2v) is 12.2. The molecule has 2 aromatic heterocycles. The summed E-state index contributed by atoms with van der Waals surface area (Å²) in [5.41, 5.74) is 12.9. The zero-order valence-corrected chi connectivity index (χ0v) is 25.8.